The standard InChI is InChI=1S/C14H13F3N2O2/c1-2-21-13(20)4-3-7-19-12-6-5-11(14(15,16)17)8-10(12)9-18/h3-6,8,19H,2,7H2,1H3/b4-3+. The number of nitriles is 1. The SMILES string of the molecule is CCOC(=O)/C=C/CNc1ccc(C(F)(F)F)cc1C#N. The number of rotatable bonds is 5. The Balaban J connectivity index is 2.73. The number of carbonyl (C=O) groups excluding carboxylic acids is 1. The maximum Gasteiger partial charge on any atom is 0.416 e. The van der Waals surface area contributed by atoms with Gasteiger partial charge in [0.25, 0.3) is 0 Å². The molecule has 0 saturated carbocycles. The van der Waals surface area contributed by atoms with Gasteiger partial charge in [0.15, 0.2) is 0 Å². The van der Waals surface area contributed by atoms with Crippen molar-refractivity contribution in [2.75, 3.05) is 18.5 Å². The maximum absolute atomic E-state index is 12.5. The fourth-order valence-electron chi connectivity index (χ4n) is 1.48. The van der Waals surface area contributed by atoms with Crippen molar-refractivity contribution < 1.29 is 22.7 Å². The van der Waals surface area contributed by atoms with Crippen LogP contribution in [0.3, 0.4) is 0 Å². The summed E-state index contributed by atoms with van der Waals surface area (Å²) >= 11 is 0. The molecule has 0 atom stereocenters. The minimum atomic E-state index is -4.49. The van der Waals surface area contributed by atoms with Crippen LogP contribution in [0.25, 0.3) is 0 Å². The van der Waals surface area contributed by atoms with Crippen LogP contribution in [0.2, 0.25) is 0 Å². The molecule has 1 rings (SSSR count). The quantitative estimate of drug-likeness (QED) is 0.670. The third-order valence-electron chi connectivity index (χ3n) is 2.42. The van der Waals surface area contributed by atoms with Crippen molar-refractivity contribution in [2.45, 2.75) is 13.1 Å². The summed E-state index contributed by atoms with van der Waals surface area (Å²) in [7, 11) is 0. The zero-order valence-electron chi connectivity index (χ0n) is 11.2. The Kier molecular flexibility index (Phi) is 5.79. The molecule has 0 heterocycles. The maximum atomic E-state index is 12.5. The molecule has 0 bridgehead atoms. The monoisotopic (exact) mass is 298 g/mol. The van der Waals surface area contributed by atoms with Gasteiger partial charge in [-0.05, 0) is 25.1 Å². The summed E-state index contributed by atoms with van der Waals surface area (Å²) < 4.78 is 42.2. The fourth-order valence-corrected chi connectivity index (χ4v) is 1.48. The molecule has 0 unspecified atom stereocenters. The van der Waals surface area contributed by atoms with E-state index in [0.29, 0.717) is 0 Å². The summed E-state index contributed by atoms with van der Waals surface area (Å²) in [6.45, 7) is 2.11. The van der Waals surface area contributed by atoms with Crippen molar-refractivity contribution in [3.05, 3.63) is 41.5 Å². The second kappa shape index (κ2) is 7.33. The van der Waals surface area contributed by atoms with Crippen LogP contribution in [-0.4, -0.2) is 19.1 Å². The lowest BCUT2D eigenvalue weighted by Crippen LogP contribution is -2.07. The lowest BCUT2D eigenvalue weighted by atomic mass is 10.1. The second-order valence-corrected chi connectivity index (χ2v) is 3.91. The summed E-state index contributed by atoms with van der Waals surface area (Å²) in [5.41, 5.74) is -0.736. The van der Waals surface area contributed by atoms with Gasteiger partial charge >= 0.3 is 12.1 Å². The van der Waals surface area contributed by atoms with Crippen LogP contribution < -0.4 is 5.32 Å². The van der Waals surface area contributed by atoms with Gasteiger partial charge in [-0.25, -0.2) is 4.79 Å². The number of carbonyl (C=O) groups is 1. The Bertz CT molecular complexity index is 575. The van der Waals surface area contributed by atoms with E-state index < -0.39 is 17.7 Å². The molecule has 0 radical (unpaired) electrons. The third kappa shape index (κ3) is 5.18. The van der Waals surface area contributed by atoms with E-state index in [9.17, 15) is 18.0 Å². The molecule has 1 aromatic rings. The number of hydrogen-bond acceptors (Lipinski definition) is 4. The molecule has 0 aromatic heterocycles. The van der Waals surface area contributed by atoms with Crippen LogP contribution in [0.15, 0.2) is 30.4 Å². The Morgan fingerprint density at radius 1 is 1.48 bits per heavy atom. The largest absolute Gasteiger partial charge is 0.463 e. The number of alkyl halides is 3. The zero-order chi connectivity index (χ0) is 15.9. The molecule has 1 N–H and O–H groups in total. The number of benzene rings is 1. The van der Waals surface area contributed by atoms with Crippen molar-refractivity contribution in [1.29, 1.82) is 5.26 Å². The van der Waals surface area contributed by atoms with Gasteiger partial charge in [0.05, 0.1) is 23.4 Å². The van der Waals surface area contributed by atoms with Crippen LogP contribution in [0.1, 0.15) is 18.1 Å². The Hall–Kier alpha value is -2.49. The lowest BCUT2D eigenvalue weighted by molar-refractivity contribution is -0.138. The van der Waals surface area contributed by atoms with Crippen molar-refractivity contribution in [3.63, 3.8) is 0 Å². The summed E-state index contributed by atoms with van der Waals surface area (Å²) in [5.74, 6) is -0.507. The van der Waals surface area contributed by atoms with Crippen molar-refractivity contribution in [1.82, 2.24) is 0 Å². The Morgan fingerprint density at radius 3 is 2.76 bits per heavy atom. The van der Waals surface area contributed by atoms with Gasteiger partial charge in [0, 0.05) is 12.6 Å². The highest BCUT2D eigenvalue weighted by Gasteiger charge is 2.30. The van der Waals surface area contributed by atoms with E-state index >= 15 is 0 Å². The average molecular weight is 298 g/mol. The minimum Gasteiger partial charge on any atom is -0.463 e. The van der Waals surface area contributed by atoms with Crippen molar-refractivity contribution >= 4 is 11.7 Å². The molecule has 112 valence electrons. The average Bonchev–Trinajstić information content (AvgIpc) is 2.42. The first-order valence-electron chi connectivity index (χ1n) is 6.07. The molecule has 0 aliphatic carbocycles. The fraction of sp³-hybridized carbons (Fsp3) is 0.286. The highest BCUT2D eigenvalue weighted by molar-refractivity contribution is 5.81. The topological polar surface area (TPSA) is 62.1 Å². The number of hydrogen-bond donors (Lipinski definition) is 1. The predicted octanol–water partition coefficient (Wildman–Crippen LogP) is 3.11. The van der Waals surface area contributed by atoms with Gasteiger partial charge in [-0.15, -0.1) is 0 Å². The molecule has 0 saturated heterocycles. The van der Waals surface area contributed by atoms with Gasteiger partial charge in [0.1, 0.15) is 6.07 Å². The van der Waals surface area contributed by atoms with E-state index in [1.54, 1.807) is 13.0 Å². The number of esters is 1. The van der Waals surface area contributed by atoms with Gasteiger partial charge < -0.3 is 10.1 Å². The molecular formula is C14H13F3N2O2. The summed E-state index contributed by atoms with van der Waals surface area (Å²) in [6, 6.07) is 4.54. The summed E-state index contributed by atoms with van der Waals surface area (Å²) in [6.07, 6.45) is -1.84. The van der Waals surface area contributed by atoms with Crippen molar-refractivity contribution in [2.24, 2.45) is 0 Å². The molecule has 4 nitrogen and oxygen atoms in total. The zero-order valence-corrected chi connectivity index (χ0v) is 11.2. The van der Waals surface area contributed by atoms with Gasteiger partial charge in [-0.3, -0.25) is 0 Å². The first-order valence-corrected chi connectivity index (χ1v) is 6.07. The van der Waals surface area contributed by atoms with E-state index in [2.05, 4.69) is 10.1 Å². The molecule has 0 aliphatic heterocycles. The van der Waals surface area contributed by atoms with E-state index in [-0.39, 0.29) is 24.4 Å². The smallest absolute Gasteiger partial charge is 0.416 e. The van der Waals surface area contributed by atoms with Gasteiger partial charge in [-0.2, -0.15) is 18.4 Å². The number of nitrogens with zero attached hydrogens (tertiary/aromatic N) is 1. The van der Waals surface area contributed by atoms with Gasteiger partial charge in [-0.1, -0.05) is 6.08 Å². The van der Waals surface area contributed by atoms with Crippen molar-refractivity contribution in [3.8, 4) is 6.07 Å². The van der Waals surface area contributed by atoms with Crippen LogP contribution in [0, 0.1) is 11.3 Å². The van der Waals surface area contributed by atoms with Crippen LogP contribution in [0.5, 0.6) is 0 Å². The molecule has 1 aromatic carbocycles. The number of nitrogens with one attached hydrogen (secondary N) is 1. The van der Waals surface area contributed by atoms with Crippen LogP contribution >= 0.6 is 0 Å². The Morgan fingerprint density at radius 2 is 2.19 bits per heavy atom. The highest BCUT2D eigenvalue weighted by Crippen LogP contribution is 2.31. The number of ether oxygens (including phenoxy) is 1. The lowest BCUT2D eigenvalue weighted by Gasteiger charge is -2.10. The van der Waals surface area contributed by atoms with Crippen LogP contribution in [0.4, 0.5) is 18.9 Å². The van der Waals surface area contributed by atoms with Crippen LogP contribution in [-0.2, 0) is 15.7 Å². The molecule has 0 spiro atoms. The summed E-state index contributed by atoms with van der Waals surface area (Å²) in [4.78, 5) is 11.0. The molecule has 0 amide bonds. The number of anilines is 1. The van der Waals surface area contributed by atoms with E-state index in [4.69, 9.17) is 5.26 Å². The van der Waals surface area contributed by atoms with E-state index in [0.717, 1.165) is 12.1 Å². The first kappa shape index (κ1) is 16.6. The molecule has 0 fully saturated rings. The molecule has 7 heteroatoms. The summed E-state index contributed by atoms with van der Waals surface area (Å²) in [5, 5.41) is 11.6. The van der Waals surface area contributed by atoms with E-state index in [1.165, 1.54) is 18.2 Å². The highest BCUT2D eigenvalue weighted by atomic mass is 19.4. The van der Waals surface area contributed by atoms with E-state index in [1.807, 2.05) is 0 Å². The first-order chi connectivity index (χ1) is 9.88. The normalized spacial score (nSPS) is 11.2. The molecular weight excluding hydrogens is 285 g/mol. The second-order valence-electron chi connectivity index (χ2n) is 3.91. The third-order valence-corrected chi connectivity index (χ3v) is 2.42. The Labute approximate surface area is 119 Å². The minimum absolute atomic E-state index is 0.116. The predicted molar refractivity (Wildman–Crippen MR) is 70.4 cm³/mol. The van der Waals surface area contributed by atoms with Gasteiger partial charge in [0.2, 0.25) is 0 Å². The molecule has 21 heavy (non-hydrogen) atoms. The molecule has 0 aliphatic rings. The number of halogens is 3.